The summed E-state index contributed by atoms with van der Waals surface area (Å²) in [7, 11) is 1.94. The van der Waals surface area contributed by atoms with Crippen molar-refractivity contribution in [2.45, 2.75) is 61.7 Å². The van der Waals surface area contributed by atoms with Crippen LogP contribution in [0.4, 0.5) is 0 Å². The molecule has 0 aliphatic carbocycles. The van der Waals surface area contributed by atoms with Gasteiger partial charge in [-0.25, -0.2) is 0 Å². The fraction of sp³-hybridized carbons (Fsp3) is 0.600. The van der Waals surface area contributed by atoms with Crippen LogP contribution in [0.2, 0.25) is 0 Å². The predicted molar refractivity (Wildman–Crippen MR) is 141 cm³/mol. The molecule has 0 bridgehead atoms. The molecule has 2 fully saturated rings. The summed E-state index contributed by atoms with van der Waals surface area (Å²) < 4.78 is 0.0287. The summed E-state index contributed by atoms with van der Waals surface area (Å²) >= 11 is 3.85. The second-order valence-corrected chi connectivity index (χ2v) is 12.4. The van der Waals surface area contributed by atoms with Crippen molar-refractivity contribution in [3.63, 3.8) is 0 Å². The van der Waals surface area contributed by atoms with Crippen molar-refractivity contribution in [3.8, 4) is 0 Å². The van der Waals surface area contributed by atoms with Crippen LogP contribution >= 0.6 is 23.5 Å². The molecule has 2 saturated heterocycles. The fourth-order valence-corrected chi connectivity index (χ4v) is 7.95. The van der Waals surface area contributed by atoms with Crippen molar-refractivity contribution in [1.82, 2.24) is 20.9 Å². The van der Waals surface area contributed by atoms with Crippen molar-refractivity contribution in [3.05, 3.63) is 35.9 Å². The minimum absolute atomic E-state index is 0.0287. The van der Waals surface area contributed by atoms with Gasteiger partial charge in [0.2, 0.25) is 17.6 Å². The highest BCUT2D eigenvalue weighted by atomic mass is 32.2. The summed E-state index contributed by atoms with van der Waals surface area (Å²) in [5.41, 5.74) is 0.942. The highest BCUT2D eigenvalue weighted by Gasteiger charge is 2.47. The third-order valence-corrected chi connectivity index (χ3v) is 9.71. The molecular formula is C25H36N4O4S2. The number of carbonyl (C=O) groups excluding carboxylic acids is 4. The molecule has 0 aromatic heterocycles. The Kier molecular flexibility index (Phi) is 10.1. The number of benzene rings is 1. The molecule has 2 heterocycles. The van der Waals surface area contributed by atoms with E-state index >= 15 is 0 Å². The van der Waals surface area contributed by atoms with Crippen LogP contribution in [0.3, 0.4) is 0 Å². The van der Waals surface area contributed by atoms with Crippen molar-refractivity contribution in [1.29, 1.82) is 0 Å². The van der Waals surface area contributed by atoms with E-state index < -0.39 is 17.7 Å². The van der Waals surface area contributed by atoms with E-state index in [9.17, 15) is 19.2 Å². The van der Waals surface area contributed by atoms with Crippen LogP contribution in [0.15, 0.2) is 30.3 Å². The minimum Gasteiger partial charge on any atom is -0.348 e. The van der Waals surface area contributed by atoms with E-state index in [2.05, 4.69) is 16.0 Å². The molecule has 1 aromatic carbocycles. The first-order chi connectivity index (χ1) is 16.7. The number of nitrogens with zero attached hydrogens (tertiary/aromatic N) is 1. The number of likely N-dealkylation sites (tertiary alicyclic amines) is 1. The van der Waals surface area contributed by atoms with Gasteiger partial charge in [-0.3, -0.25) is 24.1 Å². The Morgan fingerprint density at radius 3 is 2.46 bits per heavy atom. The zero-order valence-electron chi connectivity index (χ0n) is 20.7. The van der Waals surface area contributed by atoms with E-state index in [0.717, 1.165) is 30.0 Å². The smallest absolute Gasteiger partial charge is 0.290 e. The average molecular weight is 521 g/mol. The first-order valence-electron chi connectivity index (χ1n) is 12.2. The standard InChI is InChI=1S/C25H36N4O4S2/c1-4-9-19(28-23(32)20-14-25(16-29(20)3)34-12-8-13-35-25)22(31)24(33)26-15-21(30)27-17(2)18-10-6-5-7-11-18/h5-7,10-11,17,19-20H,4,8-9,12-16H2,1-3H3,(H,26,33)(H,27,30)(H,28,32)/t17-,19?,20?/m1/s1. The molecule has 8 nitrogen and oxygen atoms in total. The number of Topliss-reactive ketones (excluding diaryl/α,β-unsaturated/α-hetero) is 1. The Morgan fingerprint density at radius 1 is 1.11 bits per heavy atom. The van der Waals surface area contributed by atoms with Crippen LogP contribution in [-0.4, -0.2) is 76.2 Å². The van der Waals surface area contributed by atoms with Gasteiger partial charge in [0.15, 0.2) is 0 Å². The average Bonchev–Trinajstić information content (AvgIpc) is 3.17. The molecule has 0 radical (unpaired) electrons. The summed E-state index contributed by atoms with van der Waals surface area (Å²) in [5, 5.41) is 8.03. The Hall–Kier alpha value is -2.04. The van der Waals surface area contributed by atoms with Gasteiger partial charge in [-0.1, -0.05) is 43.7 Å². The monoisotopic (exact) mass is 520 g/mol. The molecule has 3 atom stereocenters. The van der Waals surface area contributed by atoms with E-state index in [1.54, 1.807) is 0 Å². The maximum absolute atomic E-state index is 13.1. The Morgan fingerprint density at radius 2 is 1.80 bits per heavy atom. The van der Waals surface area contributed by atoms with Gasteiger partial charge in [0.1, 0.15) is 0 Å². The zero-order chi connectivity index (χ0) is 25.4. The zero-order valence-corrected chi connectivity index (χ0v) is 22.3. The summed E-state index contributed by atoms with van der Waals surface area (Å²) in [4.78, 5) is 52.8. The second-order valence-electron chi connectivity index (χ2n) is 9.19. The van der Waals surface area contributed by atoms with Gasteiger partial charge in [-0.15, -0.1) is 23.5 Å². The van der Waals surface area contributed by atoms with Crippen LogP contribution in [0.25, 0.3) is 0 Å². The molecule has 2 unspecified atom stereocenters. The lowest BCUT2D eigenvalue weighted by Gasteiger charge is -2.31. The molecule has 2 aliphatic heterocycles. The lowest BCUT2D eigenvalue weighted by molar-refractivity contribution is -0.141. The van der Waals surface area contributed by atoms with E-state index in [-0.39, 0.29) is 34.5 Å². The van der Waals surface area contributed by atoms with Crippen molar-refractivity contribution >= 4 is 47.0 Å². The SMILES string of the molecule is CCCC(NC(=O)C1CC2(CN1C)SCCCS2)C(=O)C(=O)NCC(=O)N[C@H](C)c1ccccc1. The Balaban J connectivity index is 1.51. The number of hydrogen-bond acceptors (Lipinski definition) is 7. The molecule has 3 N–H and O–H groups in total. The maximum atomic E-state index is 13.1. The summed E-state index contributed by atoms with van der Waals surface area (Å²) in [6, 6.07) is 8.01. The summed E-state index contributed by atoms with van der Waals surface area (Å²) in [6.07, 6.45) is 2.90. The van der Waals surface area contributed by atoms with Crippen LogP contribution in [0.5, 0.6) is 0 Å². The van der Waals surface area contributed by atoms with Crippen LogP contribution < -0.4 is 16.0 Å². The van der Waals surface area contributed by atoms with E-state index in [0.29, 0.717) is 12.8 Å². The summed E-state index contributed by atoms with van der Waals surface area (Å²) in [6.45, 7) is 4.26. The molecule has 35 heavy (non-hydrogen) atoms. The normalized spacial score (nSPS) is 21.2. The van der Waals surface area contributed by atoms with Crippen LogP contribution in [0.1, 0.15) is 51.1 Å². The molecule has 1 spiro atoms. The van der Waals surface area contributed by atoms with E-state index in [4.69, 9.17) is 0 Å². The molecular weight excluding hydrogens is 484 g/mol. The largest absolute Gasteiger partial charge is 0.348 e. The number of amides is 3. The van der Waals surface area contributed by atoms with E-state index in [1.807, 2.05) is 79.7 Å². The molecule has 0 saturated carbocycles. The molecule has 2 aliphatic rings. The molecule has 192 valence electrons. The van der Waals surface area contributed by atoms with Crippen LogP contribution in [0, 0.1) is 0 Å². The van der Waals surface area contributed by atoms with Crippen molar-refractivity contribution in [2.24, 2.45) is 0 Å². The van der Waals surface area contributed by atoms with Gasteiger partial charge < -0.3 is 16.0 Å². The number of rotatable bonds is 10. The fourth-order valence-electron chi connectivity index (χ4n) is 4.47. The Labute approximate surface area is 216 Å². The lowest BCUT2D eigenvalue weighted by Crippen LogP contribution is -2.52. The first-order valence-corrected chi connectivity index (χ1v) is 14.2. The van der Waals surface area contributed by atoms with Crippen LogP contribution in [-0.2, 0) is 19.2 Å². The number of thioether (sulfide) groups is 2. The highest BCUT2D eigenvalue weighted by molar-refractivity contribution is 8.18. The van der Waals surface area contributed by atoms with Gasteiger partial charge in [-0.05, 0) is 50.3 Å². The van der Waals surface area contributed by atoms with E-state index in [1.165, 1.54) is 6.42 Å². The number of ketones is 1. The highest BCUT2D eigenvalue weighted by Crippen LogP contribution is 2.49. The van der Waals surface area contributed by atoms with Crippen molar-refractivity contribution < 1.29 is 19.2 Å². The van der Waals surface area contributed by atoms with Gasteiger partial charge in [0, 0.05) is 6.54 Å². The summed E-state index contributed by atoms with van der Waals surface area (Å²) in [5.74, 6) is 0.0134. The van der Waals surface area contributed by atoms with Crippen molar-refractivity contribution in [2.75, 3.05) is 31.6 Å². The Bertz CT molecular complexity index is 908. The number of carbonyl (C=O) groups is 4. The van der Waals surface area contributed by atoms with Gasteiger partial charge in [0.25, 0.3) is 5.91 Å². The number of likely N-dealkylation sites (N-methyl/N-ethyl adjacent to an activating group) is 1. The topological polar surface area (TPSA) is 108 Å². The lowest BCUT2D eigenvalue weighted by atomic mass is 10.1. The number of nitrogens with one attached hydrogen (secondary N) is 3. The molecule has 3 rings (SSSR count). The maximum Gasteiger partial charge on any atom is 0.290 e. The van der Waals surface area contributed by atoms with Gasteiger partial charge in [0.05, 0.1) is 28.7 Å². The first kappa shape index (κ1) is 27.5. The second kappa shape index (κ2) is 12.8. The third kappa shape index (κ3) is 7.47. The van der Waals surface area contributed by atoms with Gasteiger partial charge in [-0.2, -0.15) is 0 Å². The number of hydrogen-bond donors (Lipinski definition) is 3. The quantitative estimate of drug-likeness (QED) is 0.406. The molecule has 1 aromatic rings. The molecule has 10 heteroatoms. The third-order valence-electron chi connectivity index (χ3n) is 6.37. The minimum atomic E-state index is -0.907. The van der Waals surface area contributed by atoms with Gasteiger partial charge >= 0.3 is 0 Å². The predicted octanol–water partition coefficient (Wildman–Crippen LogP) is 2.10. The molecule has 3 amide bonds.